The summed E-state index contributed by atoms with van der Waals surface area (Å²) in [6.45, 7) is 4.33. The molecule has 0 rings (SSSR count). The van der Waals surface area contributed by atoms with Crippen LogP contribution in [0.5, 0.6) is 0 Å². The van der Waals surface area contributed by atoms with E-state index in [9.17, 15) is 8.42 Å². The SMILES string of the molecule is CC(C)OCCS(=O)(=O)NCCCCC#N. The van der Waals surface area contributed by atoms with E-state index in [1.54, 1.807) is 0 Å². The topological polar surface area (TPSA) is 79.2 Å². The van der Waals surface area contributed by atoms with Crippen LogP contribution >= 0.6 is 0 Å². The van der Waals surface area contributed by atoms with Crippen LogP contribution in [-0.2, 0) is 14.8 Å². The molecule has 0 unspecified atom stereocenters. The summed E-state index contributed by atoms with van der Waals surface area (Å²) in [5.74, 6) is -0.0105. The van der Waals surface area contributed by atoms with E-state index in [-0.39, 0.29) is 18.5 Å². The number of nitrogens with zero attached hydrogens (tertiary/aromatic N) is 1. The number of unbranched alkanes of at least 4 members (excludes halogenated alkanes) is 2. The number of nitriles is 1. The number of hydrogen-bond acceptors (Lipinski definition) is 4. The average Bonchev–Trinajstić information content (AvgIpc) is 2.16. The highest BCUT2D eigenvalue weighted by Crippen LogP contribution is 1.94. The van der Waals surface area contributed by atoms with Gasteiger partial charge in [0.25, 0.3) is 0 Å². The molecular formula is C10H20N2O3S. The van der Waals surface area contributed by atoms with E-state index in [4.69, 9.17) is 10.00 Å². The van der Waals surface area contributed by atoms with Crippen molar-refractivity contribution in [3.05, 3.63) is 0 Å². The fraction of sp³-hybridized carbons (Fsp3) is 0.900. The molecule has 0 aromatic heterocycles. The molecule has 0 amide bonds. The van der Waals surface area contributed by atoms with Gasteiger partial charge >= 0.3 is 0 Å². The zero-order valence-electron chi connectivity index (χ0n) is 9.90. The standard InChI is InChI=1S/C10H20N2O3S/c1-10(2)15-8-9-16(13,14)12-7-5-3-4-6-11/h10,12H,3-5,7-9H2,1-2H3. The van der Waals surface area contributed by atoms with Crippen molar-refractivity contribution in [3.8, 4) is 6.07 Å². The average molecular weight is 248 g/mol. The largest absolute Gasteiger partial charge is 0.378 e. The highest BCUT2D eigenvalue weighted by atomic mass is 32.2. The Hall–Kier alpha value is -0.640. The molecule has 0 aromatic carbocycles. The smallest absolute Gasteiger partial charge is 0.213 e. The summed E-state index contributed by atoms with van der Waals surface area (Å²) in [6.07, 6.45) is 1.93. The van der Waals surface area contributed by atoms with Gasteiger partial charge in [0.1, 0.15) is 0 Å². The van der Waals surface area contributed by atoms with Gasteiger partial charge in [-0.3, -0.25) is 0 Å². The molecule has 1 N–H and O–H groups in total. The zero-order valence-corrected chi connectivity index (χ0v) is 10.7. The summed E-state index contributed by atoms with van der Waals surface area (Å²) in [7, 11) is -3.22. The number of rotatable bonds is 9. The van der Waals surface area contributed by atoms with Gasteiger partial charge in [0.05, 0.1) is 24.5 Å². The molecule has 0 radical (unpaired) electrons. The van der Waals surface area contributed by atoms with Crippen LogP contribution in [0.15, 0.2) is 0 Å². The Labute approximate surface area is 97.8 Å². The predicted octanol–water partition coefficient (Wildman–Crippen LogP) is 1.02. The van der Waals surface area contributed by atoms with Gasteiger partial charge in [-0.15, -0.1) is 0 Å². The minimum atomic E-state index is -3.22. The number of nitrogens with one attached hydrogen (secondary N) is 1. The van der Waals surface area contributed by atoms with E-state index < -0.39 is 10.0 Å². The first-order valence-corrected chi connectivity index (χ1v) is 7.09. The van der Waals surface area contributed by atoms with Crippen molar-refractivity contribution in [2.24, 2.45) is 0 Å². The summed E-state index contributed by atoms with van der Waals surface area (Å²) in [4.78, 5) is 0. The molecule has 0 bridgehead atoms. The molecule has 0 aliphatic heterocycles. The van der Waals surface area contributed by atoms with Crippen LogP contribution in [-0.4, -0.2) is 33.4 Å². The first-order chi connectivity index (χ1) is 7.48. The lowest BCUT2D eigenvalue weighted by molar-refractivity contribution is 0.0911. The molecule has 0 heterocycles. The summed E-state index contributed by atoms with van der Waals surface area (Å²) >= 11 is 0. The van der Waals surface area contributed by atoms with Crippen LogP contribution in [0.1, 0.15) is 33.1 Å². The third-order valence-corrected chi connectivity index (χ3v) is 3.19. The molecule has 0 spiro atoms. The summed E-state index contributed by atoms with van der Waals surface area (Å²) in [5, 5.41) is 8.29. The van der Waals surface area contributed by atoms with Gasteiger partial charge in [0, 0.05) is 13.0 Å². The van der Waals surface area contributed by atoms with Crippen molar-refractivity contribution in [2.75, 3.05) is 18.9 Å². The molecule has 0 aromatic rings. The molecule has 6 heteroatoms. The van der Waals surface area contributed by atoms with Gasteiger partial charge in [0.2, 0.25) is 10.0 Å². The Morgan fingerprint density at radius 2 is 2.06 bits per heavy atom. The van der Waals surface area contributed by atoms with Crippen LogP contribution in [0.25, 0.3) is 0 Å². The fourth-order valence-corrected chi connectivity index (χ4v) is 1.94. The Bertz CT molecular complexity index is 307. The van der Waals surface area contributed by atoms with Crippen molar-refractivity contribution >= 4 is 10.0 Å². The van der Waals surface area contributed by atoms with Gasteiger partial charge in [-0.2, -0.15) is 5.26 Å². The van der Waals surface area contributed by atoms with Crippen LogP contribution in [0.4, 0.5) is 0 Å². The molecule has 5 nitrogen and oxygen atoms in total. The maximum Gasteiger partial charge on any atom is 0.213 e. The van der Waals surface area contributed by atoms with Gasteiger partial charge in [-0.1, -0.05) is 0 Å². The molecule has 0 aliphatic carbocycles. The van der Waals surface area contributed by atoms with Crippen LogP contribution < -0.4 is 4.72 Å². The van der Waals surface area contributed by atoms with E-state index in [0.717, 1.165) is 6.42 Å². The zero-order chi connectivity index (χ0) is 12.4. The lowest BCUT2D eigenvalue weighted by Crippen LogP contribution is -2.29. The van der Waals surface area contributed by atoms with E-state index in [0.29, 0.717) is 19.4 Å². The van der Waals surface area contributed by atoms with Crippen molar-refractivity contribution in [3.63, 3.8) is 0 Å². The maximum atomic E-state index is 11.4. The first kappa shape index (κ1) is 15.4. The van der Waals surface area contributed by atoms with Crippen LogP contribution in [0, 0.1) is 11.3 Å². The van der Waals surface area contributed by atoms with Crippen molar-refractivity contribution in [1.29, 1.82) is 5.26 Å². The second-order valence-corrected chi connectivity index (χ2v) is 5.67. The monoisotopic (exact) mass is 248 g/mol. The van der Waals surface area contributed by atoms with Crippen LogP contribution in [0.2, 0.25) is 0 Å². The van der Waals surface area contributed by atoms with Gasteiger partial charge < -0.3 is 4.74 Å². The highest BCUT2D eigenvalue weighted by Gasteiger charge is 2.09. The Balaban J connectivity index is 3.59. The Morgan fingerprint density at radius 3 is 2.62 bits per heavy atom. The summed E-state index contributed by atoms with van der Waals surface area (Å²) < 4.78 is 30.4. The second kappa shape index (κ2) is 8.50. The van der Waals surface area contributed by atoms with Gasteiger partial charge in [-0.25, -0.2) is 13.1 Å². The summed E-state index contributed by atoms with van der Waals surface area (Å²) in [6, 6.07) is 2.01. The third kappa shape index (κ3) is 9.90. The molecule has 0 saturated carbocycles. The van der Waals surface area contributed by atoms with E-state index >= 15 is 0 Å². The molecule has 16 heavy (non-hydrogen) atoms. The predicted molar refractivity (Wildman–Crippen MR) is 62.3 cm³/mol. The Morgan fingerprint density at radius 1 is 1.38 bits per heavy atom. The van der Waals surface area contributed by atoms with Crippen molar-refractivity contribution in [2.45, 2.75) is 39.2 Å². The highest BCUT2D eigenvalue weighted by molar-refractivity contribution is 7.89. The molecule has 0 atom stereocenters. The quantitative estimate of drug-likeness (QED) is 0.618. The van der Waals surface area contributed by atoms with Crippen molar-refractivity contribution in [1.82, 2.24) is 4.72 Å². The molecule has 94 valence electrons. The van der Waals surface area contributed by atoms with Crippen molar-refractivity contribution < 1.29 is 13.2 Å². The lowest BCUT2D eigenvalue weighted by atomic mass is 10.2. The van der Waals surface area contributed by atoms with Gasteiger partial charge in [0.15, 0.2) is 0 Å². The maximum absolute atomic E-state index is 11.4. The number of sulfonamides is 1. The fourth-order valence-electron chi connectivity index (χ4n) is 1.02. The Kier molecular flexibility index (Phi) is 8.16. The second-order valence-electron chi connectivity index (χ2n) is 3.75. The van der Waals surface area contributed by atoms with E-state index in [2.05, 4.69) is 4.72 Å². The van der Waals surface area contributed by atoms with Gasteiger partial charge in [-0.05, 0) is 26.7 Å². The lowest BCUT2D eigenvalue weighted by Gasteiger charge is -2.08. The van der Waals surface area contributed by atoms with E-state index in [1.165, 1.54) is 0 Å². The minimum Gasteiger partial charge on any atom is -0.378 e. The molecule has 0 fully saturated rings. The molecule has 0 aliphatic rings. The third-order valence-electron chi connectivity index (χ3n) is 1.84. The first-order valence-electron chi connectivity index (χ1n) is 5.44. The molecule has 0 saturated heterocycles. The summed E-state index contributed by atoms with van der Waals surface area (Å²) in [5.41, 5.74) is 0. The minimum absolute atomic E-state index is 0.0105. The normalized spacial score (nSPS) is 11.6. The molecular weight excluding hydrogens is 228 g/mol. The number of ether oxygens (including phenoxy) is 1. The number of hydrogen-bond donors (Lipinski definition) is 1. The van der Waals surface area contributed by atoms with Crippen LogP contribution in [0.3, 0.4) is 0 Å². The van der Waals surface area contributed by atoms with E-state index in [1.807, 2.05) is 19.9 Å².